The Kier molecular flexibility index (Phi) is 6.24. The van der Waals surface area contributed by atoms with Gasteiger partial charge in [0.1, 0.15) is 6.54 Å². The summed E-state index contributed by atoms with van der Waals surface area (Å²) in [6, 6.07) is 4.11. The molecule has 2 rings (SSSR count). The molecule has 9 heteroatoms. The zero-order chi connectivity index (χ0) is 20.2. The number of hydrogen-bond acceptors (Lipinski definition) is 3. The fourth-order valence-corrected chi connectivity index (χ4v) is 2.78. The molecular weight excluding hydrogens is 365 g/mol. The maximum Gasteiger partial charge on any atom is 0.405 e. The van der Waals surface area contributed by atoms with Crippen LogP contribution < -0.4 is 10.6 Å². The molecule has 2 unspecified atom stereocenters. The fraction of sp³-hybridized carbons (Fsp3) is 0.389. The highest BCUT2D eigenvalue weighted by molar-refractivity contribution is 5.99. The number of carbonyl (C=O) groups is 3. The van der Waals surface area contributed by atoms with Gasteiger partial charge in [-0.15, -0.1) is 0 Å². The monoisotopic (exact) mass is 384 g/mol. The summed E-state index contributed by atoms with van der Waals surface area (Å²) in [5.74, 6) is -4.13. The van der Waals surface area contributed by atoms with Crippen molar-refractivity contribution in [3.05, 3.63) is 41.5 Å². The Balaban J connectivity index is 2.14. The van der Waals surface area contributed by atoms with E-state index in [4.69, 9.17) is 0 Å². The molecule has 0 fully saturated rings. The van der Waals surface area contributed by atoms with Crippen molar-refractivity contribution in [3.63, 3.8) is 0 Å². The Bertz CT molecular complexity index is 774. The van der Waals surface area contributed by atoms with Gasteiger partial charge in [0.05, 0.1) is 11.8 Å². The van der Waals surface area contributed by atoms with E-state index in [9.17, 15) is 32.7 Å². The van der Waals surface area contributed by atoms with Crippen molar-refractivity contribution in [2.45, 2.75) is 25.9 Å². The Labute approximate surface area is 153 Å². The highest BCUT2D eigenvalue weighted by Gasteiger charge is 2.34. The molecule has 0 bridgehead atoms. The van der Waals surface area contributed by atoms with Crippen LogP contribution in [0.2, 0.25) is 0 Å². The van der Waals surface area contributed by atoms with Crippen LogP contribution in [0.4, 0.5) is 18.9 Å². The molecular formula is C18H19F3N2O4. The van der Waals surface area contributed by atoms with Crippen molar-refractivity contribution < 1.29 is 32.7 Å². The second-order valence-corrected chi connectivity index (χ2v) is 6.31. The molecule has 1 aromatic carbocycles. The summed E-state index contributed by atoms with van der Waals surface area (Å²) >= 11 is 0. The molecule has 0 saturated carbocycles. The van der Waals surface area contributed by atoms with Crippen molar-refractivity contribution in [2.24, 2.45) is 11.8 Å². The average molecular weight is 384 g/mol. The lowest BCUT2D eigenvalue weighted by molar-refractivity contribution is -0.146. The van der Waals surface area contributed by atoms with Gasteiger partial charge in [-0.3, -0.25) is 14.4 Å². The number of allylic oxidation sites excluding steroid dienone is 2. The van der Waals surface area contributed by atoms with Crippen molar-refractivity contribution >= 4 is 23.5 Å². The standard InChI is InChI=1S/C18H19F3N2O4/c1-10-6-7-11(15(24)22-9-18(19,20)21)8-14(10)23-16(25)12-4-2-3-5-13(12)17(26)27/h2-3,6-8,12-13H,4-5,9H2,1H3,(H,22,24)(H,23,25)(H,26,27). The number of rotatable bonds is 5. The first-order valence-corrected chi connectivity index (χ1v) is 8.23. The van der Waals surface area contributed by atoms with E-state index in [1.54, 1.807) is 24.4 Å². The first-order chi connectivity index (χ1) is 12.6. The third-order valence-corrected chi connectivity index (χ3v) is 4.29. The molecule has 0 aliphatic heterocycles. The quantitative estimate of drug-likeness (QED) is 0.681. The van der Waals surface area contributed by atoms with Crippen LogP contribution in [0.5, 0.6) is 0 Å². The van der Waals surface area contributed by atoms with Crippen molar-refractivity contribution in [1.82, 2.24) is 5.32 Å². The highest BCUT2D eigenvalue weighted by atomic mass is 19.4. The van der Waals surface area contributed by atoms with E-state index in [0.29, 0.717) is 5.56 Å². The van der Waals surface area contributed by atoms with E-state index in [-0.39, 0.29) is 24.1 Å². The molecule has 1 aliphatic carbocycles. The van der Waals surface area contributed by atoms with E-state index in [2.05, 4.69) is 5.32 Å². The van der Waals surface area contributed by atoms with Crippen LogP contribution in [-0.4, -0.2) is 35.6 Å². The summed E-state index contributed by atoms with van der Waals surface area (Å²) in [5.41, 5.74) is 0.797. The Morgan fingerprint density at radius 3 is 2.37 bits per heavy atom. The molecule has 146 valence electrons. The lowest BCUT2D eigenvalue weighted by atomic mass is 9.82. The van der Waals surface area contributed by atoms with E-state index in [1.807, 2.05) is 0 Å². The number of hydrogen-bond donors (Lipinski definition) is 3. The van der Waals surface area contributed by atoms with Gasteiger partial charge in [0.25, 0.3) is 5.91 Å². The van der Waals surface area contributed by atoms with Gasteiger partial charge in [-0.2, -0.15) is 13.2 Å². The molecule has 0 spiro atoms. The number of anilines is 1. The van der Waals surface area contributed by atoms with Gasteiger partial charge in [-0.05, 0) is 37.5 Å². The van der Waals surface area contributed by atoms with Crippen LogP contribution in [0.15, 0.2) is 30.4 Å². The normalized spacial score (nSPS) is 19.4. The molecule has 2 atom stereocenters. The number of carboxylic acids is 1. The van der Waals surface area contributed by atoms with Crippen molar-refractivity contribution in [3.8, 4) is 0 Å². The van der Waals surface area contributed by atoms with Gasteiger partial charge in [0.2, 0.25) is 5.91 Å². The molecule has 0 aromatic heterocycles. The van der Waals surface area contributed by atoms with Crippen molar-refractivity contribution in [1.29, 1.82) is 0 Å². The third kappa shape index (κ3) is 5.57. The molecule has 1 aliphatic rings. The zero-order valence-electron chi connectivity index (χ0n) is 14.5. The zero-order valence-corrected chi connectivity index (χ0v) is 14.5. The third-order valence-electron chi connectivity index (χ3n) is 4.29. The summed E-state index contributed by atoms with van der Waals surface area (Å²) in [6.07, 6.45) is -0.575. The second-order valence-electron chi connectivity index (χ2n) is 6.31. The summed E-state index contributed by atoms with van der Waals surface area (Å²) in [4.78, 5) is 35.7. The average Bonchev–Trinajstić information content (AvgIpc) is 2.60. The summed E-state index contributed by atoms with van der Waals surface area (Å²) in [6.45, 7) is 0.193. The van der Waals surface area contributed by atoms with Gasteiger partial charge in [0, 0.05) is 11.3 Å². The lowest BCUT2D eigenvalue weighted by Crippen LogP contribution is -2.35. The number of aryl methyl sites for hydroxylation is 1. The van der Waals surface area contributed by atoms with Gasteiger partial charge in [-0.1, -0.05) is 18.2 Å². The van der Waals surface area contributed by atoms with Crippen LogP contribution in [0.1, 0.15) is 28.8 Å². The first-order valence-electron chi connectivity index (χ1n) is 8.23. The number of carboxylic acid groups (broad SMARTS) is 1. The molecule has 0 radical (unpaired) electrons. The Morgan fingerprint density at radius 2 is 1.78 bits per heavy atom. The summed E-state index contributed by atoms with van der Waals surface area (Å²) < 4.78 is 36.7. The highest BCUT2D eigenvalue weighted by Crippen LogP contribution is 2.28. The molecule has 3 N–H and O–H groups in total. The molecule has 27 heavy (non-hydrogen) atoms. The molecule has 2 amide bonds. The first kappa shape index (κ1) is 20.5. The number of benzene rings is 1. The van der Waals surface area contributed by atoms with Crippen LogP contribution in [0.25, 0.3) is 0 Å². The van der Waals surface area contributed by atoms with Gasteiger partial charge in [0.15, 0.2) is 0 Å². The van der Waals surface area contributed by atoms with E-state index in [0.717, 1.165) is 0 Å². The number of alkyl halides is 3. The second kappa shape index (κ2) is 8.24. The Morgan fingerprint density at radius 1 is 1.15 bits per heavy atom. The minimum Gasteiger partial charge on any atom is -0.481 e. The predicted octanol–water partition coefficient (Wildman–Crippen LogP) is 2.89. The minimum atomic E-state index is -4.53. The molecule has 1 aromatic rings. The minimum absolute atomic E-state index is 0.0431. The smallest absolute Gasteiger partial charge is 0.405 e. The van der Waals surface area contributed by atoms with E-state index < -0.39 is 42.3 Å². The molecule has 0 saturated heterocycles. The molecule has 6 nitrogen and oxygen atoms in total. The lowest BCUT2D eigenvalue weighted by Gasteiger charge is -2.24. The maximum atomic E-state index is 12.5. The summed E-state index contributed by atoms with van der Waals surface area (Å²) in [5, 5.41) is 13.6. The number of nitrogens with one attached hydrogen (secondary N) is 2. The van der Waals surface area contributed by atoms with Gasteiger partial charge >= 0.3 is 12.1 Å². The predicted molar refractivity (Wildman–Crippen MR) is 91.2 cm³/mol. The van der Waals surface area contributed by atoms with E-state index in [1.165, 1.54) is 18.2 Å². The fourth-order valence-electron chi connectivity index (χ4n) is 2.78. The van der Waals surface area contributed by atoms with Crippen LogP contribution >= 0.6 is 0 Å². The van der Waals surface area contributed by atoms with Gasteiger partial charge in [-0.25, -0.2) is 0 Å². The topological polar surface area (TPSA) is 95.5 Å². The number of halogens is 3. The van der Waals surface area contributed by atoms with Crippen molar-refractivity contribution in [2.75, 3.05) is 11.9 Å². The molecule has 0 heterocycles. The number of aliphatic carboxylic acids is 1. The maximum absolute atomic E-state index is 12.5. The number of amides is 2. The Hall–Kier alpha value is -2.84. The SMILES string of the molecule is Cc1ccc(C(=O)NCC(F)(F)F)cc1NC(=O)C1CC=CCC1C(=O)O. The van der Waals surface area contributed by atoms with Gasteiger partial charge < -0.3 is 15.7 Å². The van der Waals surface area contributed by atoms with Crippen LogP contribution in [0.3, 0.4) is 0 Å². The summed E-state index contributed by atoms with van der Waals surface area (Å²) in [7, 11) is 0. The largest absolute Gasteiger partial charge is 0.481 e. The van der Waals surface area contributed by atoms with Crippen LogP contribution in [-0.2, 0) is 9.59 Å². The number of carbonyl (C=O) groups excluding carboxylic acids is 2. The van der Waals surface area contributed by atoms with Crippen LogP contribution in [0, 0.1) is 18.8 Å². The van der Waals surface area contributed by atoms with E-state index >= 15 is 0 Å².